The van der Waals surface area contributed by atoms with Gasteiger partial charge in [0.15, 0.2) is 0 Å². The molecule has 0 aromatic heterocycles. The van der Waals surface area contributed by atoms with Gasteiger partial charge in [0.1, 0.15) is 5.75 Å². The average Bonchev–Trinajstić information content (AvgIpc) is 2.08. The Hall–Kier alpha value is -1.18. The van der Waals surface area contributed by atoms with E-state index < -0.39 is 0 Å². The van der Waals surface area contributed by atoms with Crippen LogP contribution in [0.1, 0.15) is 50.7 Å². The average molecular weight is 193 g/mol. The fraction of sp³-hybridized carbons (Fsp3) is 0.500. The molecule has 0 spiro atoms. The lowest BCUT2D eigenvalue weighted by atomic mass is 9.94. The summed E-state index contributed by atoms with van der Waals surface area (Å²) in [5.41, 5.74) is 8.35. The molecule has 0 fully saturated rings. The Bertz CT molecular complexity index is 296. The Morgan fingerprint density at radius 3 is 1.86 bits per heavy atom. The van der Waals surface area contributed by atoms with E-state index in [0.717, 1.165) is 11.1 Å². The number of hydrogen-bond donors (Lipinski definition) is 2. The molecule has 2 heteroatoms. The van der Waals surface area contributed by atoms with E-state index in [0.29, 0.717) is 17.5 Å². The Kier molecular flexibility index (Phi) is 3.04. The maximum atomic E-state index is 9.87. The van der Waals surface area contributed by atoms with E-state index in [9.17, 15) is 5.11 Å². The van der Waals surface area contributed by atoms with Crippen molar-refractivity contribution >= 4 is 5.69 Å². The van der Waals surface area contributed by atoms with E-state index in [-0.39, 0.29) is 5.75 Å². The van der Waals surface area contributed by atoms with Crippen molar-refractivity contribution in [2.45, 2.75) is 39.5 Å². The minimum atomic E-state index is 0.256. The first kappa shape index (κ1) is 10.9. The molecule has 0 bridgehead atoms. The minimum Gasteiger partial charge on any atom is -0.505 e. The molecule has 14 heavy (non-hydrogen) atoms. The van der Waals surface area contributed by atoms with Crippen molar-refractivity contribution in [1.29, 1.82) is 0 Å². The van der Waals surface area contributed by atoms with Crippen LogP contribution in [0, 0.1) is 0 Å². The number of benzene rings is 1. The Morgan fingerprint density at radius 2 is 1.43 bits per heavy atom. The third kappa shape index (κ3) is 1.84. The zero-order chi connectivity index (χ0) is 10.9. The van der Waals surface area contributed by atoms with Crippen molar-refractivity contribution in [3.8, 4) is 5.75 Å². The number of aromatic hydroxyl groups is 1. The number of nitrogens with two attached hydrogens (primary N) is 1. The highest BCUT2D eigenvalue weighted by molar-refractivity contribution is 5.62. The number of nitrogen functional groups attached to an aromatic ring is 1. The molecule has 0 atom stereocenters. The predicted octanol–water partition coefficient (Wildman–Crippen LogP) is 3.22. The first-order valence-corrected chi connectivity index (χ1v) is 5.06. The molecule has 1 aromatic rings. The summed E-state index contributed by atoms with van der Waals surface area (Å²) in [5.74, 6) is 0.909. The van der Waals surface area contributed by atoms with Gasteiger partial charge in [-0.1, -0.05) is 39.8 Å². The van der Waals surface area contributed by atoms with Crippen LogP contribution in [-0.4, -0.2) is 5.11 Å². The Labute approximate surface area is 85.8 Å². The molecule has 0 aliphatic carbocycles. The molecule has 0 amide bonds. The van der Waals surface area contributed by atoms with Gasteiger partial charge in [-0.2, -0.15) is 0 Å². The van der Waals surface area contributed by atoms with Crippen LogP contribution in [0.15, 0.2) is 12.1 Å². The minimum absolute atomic E-state index is 0.256. The fourth-order valence-electron chi connectivity index (χ4n) is 1.61. The van der Waals surface area contributed by atoms with Crippen LogP contribution < -0.4 is 5.73 Å². The van der Waals surface area contributed by atoms with Gasteiger partial charge >= 0.3 is 0 Å². The molecule has 0 saturated heterocycles. The highest BCUT2D eigenvalue weighted by atomic mass is 16.3. The molecule has 0 aliphatic rings. The summed E-state index contributed by atoms with van der Waals surface area (Å²) in [4.78, 5) is 0. The van der Waals surface area contributed by atoms with E-state index in [1.165, 1.54) is 0 Å². The molecule has 1 rings (SSSR count). The van der Waals surface area contributed by atoms with Crippen LogP contribution in [0.25, 0.3) is 0 Å². The van der Waals surface area contributed by atoms with E-state index in [2.05, 4.69) is 13.8 Å². The summed E-state index contributed by atoms with van der Waals surface area (Å²) in [6.07, 6.45) is 0. The molecule has 0 aliphatic heterocycles. The van der Waals surface area contributed by atoms with Gasteiger partial charge in [0.25, 0.3) is 0 Å². The first-order valence-electron chi connectivity index (χ1n) is 5.06. The van der Waals surface area contributed by atoms with Crippen LogP contribution in [0.4, 0.5) is 5.69 Å². The van der Waals surface area contributed by atoms with Crippen molar-refractivity contribution in [1.82, 2.24) is 0 Å². The van der Waals surface area contributed by atoms with Gasteiger partial charge in [-0.15, -0.1) is 0 Å². The van der Waals surface area contributed by atoms with E-state index in [1.807, 2.05) is 26.0 Å². The lowest BCUT2D eigenvalue weighted by Gasteiger charge is -2.15. The molecule has 78 valence electrons. The zero-order valence-electron chi connectivity index (χ0n) is 9.33. The maximum Gasteiger partial charge on any atom is 0.142 e. The second kappa shape index (κ2) is 3.91. The number of phenolic OH excluding ortho intramolecular Hbond substituents is 1. The number of hydrogen-bond acceptors (Lipinski definition) is 2. The van der Waals surface area contributed by atoms with Gasteiger partial charge < -0.3 is 10.8 Å². The van der Waals surface area contributed by atoms with Crippen molar-refractivity contribution in [2.75, 3.05) is 5.73 Å². The van der Waals surface area contributed by atoms with Gasteiger partial charge in [0.2, 0.25) is 0 Å². The third-order valence-corrected chi connectivity index (χ3v) is 2.53. The van der Waals surface area contributed by atoms with Gasteiger partial charge in [0, 0.05) is 0 Å². The fourth-order valence-corrected chi connectivity index (χ4v) is 1.61. The SMILES string of the molecule is CC(C)c1ccc(C(C)C)c(O)c1N. The van der Waals surface area contributed by atoms with Crippen molar-refractivity contribution in [3.05, 3.63) is 23.3 Å². The Morgan fingerprint density at radius 1 is 1.00 bits per heavy atom. The van der Waals surface area contributed by atoms with E-state index in [4.69, 9.17) is 5.73 Å². The molecular weight excluding hydrogens is 174 g/mol. The maximum absolute atomic E-state index is 9.87. The highest BCUT2D eigenvalue weighted by Crippen LogP contribution is 2.36. The summed E-state index contributed by atoms with van der Waals surface area (Å²) in [6, 6.07) is 3.97. The first-order chi connectivity index (χ1) is 6.45. The van der Waals surface area contributed by atoms with Crippen molar-refractivity contribution < 1.29 is 5.11 Å². The molecule has 3 N–H and O–H groups in total. The topological polar surface area (TPSA) is 46.2 Å². The van der Waals surface area contributed by atoms with Crippen LogP contribution in [0.5, 0.6) is 5.75 Å². The summed E-state index contributed by atoms with van der Waals surface area (Å²) in [6.45, 7) is 8.23. The predicted molar refractivity (Wildman–Crippen MR) is 60.7 cm³/mol. The smallest absolute Gasteiger partial charge is 0.142 e. The highest BCUT2D eigenvalue weighted by Gasteiger charge is 2.13. The molecule has 2 nitrogen and oxygen atoms in total. The third-order valence-electron chi connectivity index (χ3n) is 2.53. The van der Waals surface area contributed by atoms with Crippen molar-refractivity contribution in [2.24, 2.45) is 0 Å². The standard InChI is InChI=1S/C12H19NO/c1-7(2)9-5-6-10(8(3)4)12(14)11(9)13/h5-8,14H,13H2,1-4H3. The summed E-state index contributed by atoms with van der Waals surface area (Å²) in [5, 5.41) is 9.87. The Balaban J connectivity index is 3.26. The summed E-state index contributed by atoms with van der Waals surface area (Å²) < 4.78 is 0. The van der Waals surface area contributed by atoms with Gasteiger partial charge in [0.05, 0.1) is 5.69 Å². The lowest BCUT2D eigenvalue weighted by Crippen LogP contribution is -2.00. The zero-order valence-corrected chi connectivity index (χ0v) is 9.33. The van der Waals surface area contributed by atoms with Crippen LogP contribution in [0.3, 0.4) is 0 Å². The number of phenols is 1. The van der Waals surface area contributed by atoms with Gasteiger partial charge in [-0.25, -0.2) is 0 Å². The largest absolute Gasteiger partial charge is 0.505 e. The van der Waals surface area contributed by atoms with Gasteiger partial charge in [-0.05, 0) is 23.0 Å². The normalized spacial score (nSPS) is 11.3. The molecule has 0 saturated carbocycles. The number of rotatable bonds is 2. The molecule has 0 heterocycles. The van der Waals surface area contributed by atoms with Crippen molar-refractivity contribution in [3.63, 3.8) is 0 Å². The monoisotopic (exact) mass is 193 g/mol. The molecule has 1 aromatic carbocycles. The van der Waals surface area contributed by atoms with Gasteiger partial charge in [-0.3, -0.25) is 0 Å². The summed E-state index contributed by atoms with van der Waals surface area (Å²) in [7, 11) is 0. The molecule has 0 unspecified atom stereocenters. The van der Waals surface area contributed by atoms with Crippen LogP contribution in [-0.2, 0) is 0 Å². The molecule has 0 radical (unpaired) electrons. The second-order valence-corrected chi connectivity index (χ2v) is 4.32. The number of anilines is 1. The lowest BCUT2D eigenvalue weighted by molar-refractivity contribution is 0.466. The van der Waals surface area contributed by atoms with E-state index in [1.54, 1.807) is 0 Å². The van der Waals surface area contributed by atoms with Crippen LogP contribution >= 0.6 is 0 Å². The van der Waals surface area contributed by atoms with E-state index >= 15 is 0 Å². The molecular formula is C12H19NO. The summed E-state index contributed by atoms with van der Waals surface area (Å²) >= 11 is 0. The van der Waals surface area contributed by atoms with Crippen LogP contribution in [0.2, 0.25) is 0 Å². The second-order valence-electron chi connectivity index (χ2n) is 4.32. The quantitative estimate of drug-likeness (QED) is 0.559.